The van der Waals surface area contributed by atoms with Gasteiger partial charge in [-0.1, -0.05) is 133 Å². The molecule has 6 aromatic carbocycles. The number of rotatable bonds is 3. The number of anilines is 3. The van der Waals surface area contributed by atoms with E-state index in [1.54, 1.807) is 0 Å². The van der Waals surface area contributed by atoms with Gasteiger partial charge in [-0.3, -0.25) is 0 Å². The summed E-state index contributed by atoms with van der Waals surface area (Å²) in [5.74, 6) is 0. The maximum absolute atomic E-state index is 2.48. The molecule has 0 aliphatic heterocycles. The number of nitrogens with zero attached hydrogens (tertiary/aromatic N) is 1. The van der Waals surface area contributed by atoms with Crippen LogP contribution in [-0.2, 0) is 16.2 Å². The summed E-state index contributed by atoms with van der Waals surface area (Å²) in [7, 11) is 0. The molecule has 2 aliphatic carbocycles. The predicted octanol–water partition coefficient (Wildman–Crippen LogP) is 12.5. The molecular formula is C45H43N. The molecule has 0 radical (unpaired) electrons. The van der Waals surface area contributed by atoms with E-state index in [1.165, 1.54) is 83.5 Å². The zero-order chi connectivity index (χ0) is 32.2. The first kappa shape index (κ1) is 28.8. The normalized spacial score (nSPS) is 15.3. The fourth-order valence-corrected chi connectivity index (χ4v) is 8.31. The minimum Gasteiger partial charge on any atom is -0.310 e. The summed E-state index contributed by atoms with van der Waals surface area (Å²) < 4.78 is 0. The average Bonchev–Trinajstić information content (AvgIpc) is 3.40. The van der Waals surface area contributed by atoms with Crippen molar-refractivity contribution in [2.24, 2.45) is 0 Å². The van der Waals surface area contributed by atoms with Gasteiger partial charge >= 0.3 is 0 Å². The van der Waals surface area contributed by atoms with Gasteiger partial charge in [0.2, 0.25) is 0 Å². The first-order valence-corrected chi connectivity index (χ1v) is 16.7. The zero-order valence-electron chi connectivity index (χ0n) is 28.4. The first-order chi connectivity index (χ1) is 21.9. The Morgan fingerprint density at radius 1 is 0.478 bits per heavy atom. The van der Waals surface area contributed by atoms with Crippen molar-refractivity contribution in [1.82, 2.24) is 0 Å². The average molecular weight is 598 g/mol. The van der Waals surface area contributed by atoms with Gasteiger partial charge in [-0.15, -0.1) is 0 Å². The van der Waals surface area contributed by atoms with E-state index in [2.05, 4.69) is 176 Å². The highest BCUT2D eigenvalue weighted by molar-refractivity contribution is 5.92. The molecule has 0 amide bonds. The Morgan fingerprint density at radius 2 is 1.04 bits per heavy atom. The van der Waals surface area contributed by atoms with E-state index in [0.29, 0.717) is 0 Å². The lowest BCUT2D eigenvalue weighted by Gasteiger charge is -2.30. The van der Waals surface area contributed by atoms with Crippen molar-refractivity contribution in [2.75, 3.05) is 4.90 Å². The molecule has 0 atom stereocenters. The van der Waals surface area contributed by atoms with Crippen LogP contribution in [0.25, 0.3) is 33.0 Å². The minimum atomic E-state index is -0.102. The Bertz CT molecular complexity index is 2200. The predicted molar refractivity (Wildman–Crippen MR) is 197 cm³/mol. The van der Waals surface area contributed by atoms with Crippen LogP contribution in [0.15, 0.2) is 115 Å². The molecule has 0 saturated heterocycles. The van der Waals surface area contributed by atoms with Crippen LogP contribution in [0, 0.1) is 6.92 Å². The Labute approximate surface area is 274 Å². The third-order valence-electron chi connectivity index (χ3n) is 10.8. The van der Waals surface area contributed by atoms with Crippen LogP contribution in [0.4, 0.5) is 17.1 Å². The van der Waals surface area contributed by atoms with Gasteiger partial charge in [-0.2, -0.15) is 0 Å². The van der Waals surface area contributed by atoms with Gasteiger partial charge in [0.1, 0.15) is 0 Å². The quantitative estimate of drug-likeness (QED) is 0.196. The second kappa shape index (κ2) is 9.69. The maximum atomic E-state index is 2.48. The Kier molecular flexibility index (Phi) is 6.07. The molecule has 0 saturated carbocycles. The molecule has 6 aromatic rings. The molecule has 0 bridgehead atoms. The molecule has 46 heavy (non-hydrogen) atoms. The van der Waals surface area contributed by atoms with Crippen molar-refractivity contribution in [3.63, 3.8) is 0 Å². The van der Waals surface area contributed by atoms with Gasteiger partial charge in [0.25, 0.3) is 0 Å². The maximum Gasteiger partial charge on any atom is 0.0468 e. The van der Waals surface area contributed by atoms with E-state index >= 15 is 0 Å². The Hall–Kier alpha value is -4.62. The van der Waals surface area contributed by atoms with Crippen molar-refractivity contribution in [3.05, 3.63) is 149 Å². The van der Waals surface area contributed by atoms with E-state index in [4.69, 9.17) is 0 Å². The Morgan fingerprint density at radius 3 is 1.78 bits per heavy atom. The van der Waals surface area contributed by atoms with E-state index in [0.717, 1.165) is 0 Å². The summed E-state index contributed by atoms with van der Waals surface area (Å²) >= 11 is 0. The number of fused-ring (bicyclic) bond motifs is 7. The highest BCUT2D eigenvalue weighted by Crippen LogP contribution is 2.54. The Balaban J connectivity index is 1.35. The van der Waals surface area contributed by atoms with Crippen molar-refractivity contribution in [1.29, 1.82) is 0 Å². The third-order valence-corrected chi connectivity index (χ3v) is 10.8. The summed E-state index contributed by atoms with van der Waals surface area (Å²) in [6, 6.07) is 43.8. The van der Waals surface area contributed by atoms with E-state index in [9.17, 15) is 0 Å². The summed E-state index contributed by atoms with van der Waals surface area (Å²) in [6.07, 6.45) is 0. The van der Waals surface area contributed by atoms with Gasteiger partial charge in [0.05, 0.1) is 0 Å². The molecule has 0 heterocycles. The van der Waals surface area contributed by atoms with Crippen LogP contribution < -0.4 is 4.90 Å². The second-order valence-corrected chi connectivity index (χ2v) is 15.6. The minimum absolute atomic E-state index is 0.0613. The number of hydrogen-bond acceptors (Lipinski definition) is 1. The van der Waals surface area contributed by atoms with Crippen molar-refractivity contribution in [3.8, 4) is 22.3 Å². The molecule has 0 N–H and O–H groups in total. The lowest BCUT2D eigenvalue weighted by atomic mass is 9.79. The first-order valence-electron chi connectivity index (χ1n) is 16.7. The highest BCUT2D eigenvalue weighted by atomic mass is 15.1. The molecule has 1 nitrogen and oxygen atoms in total. The van der Waals surface area contributed by atoms with Crippen LogP contribution in [-0.4, -0.2) is 0 Å². The van der Waals surface area contributed by atoms with Crippen molar-refractivity contribution < 1.29 is 0 Å². The van der Waals surface area contributed by atoms with Crippen LogP contribution >= 0.6 is 0 Å². The molecular weight excluding hydrogens is 555 g/mol. The molecule has 0 aromatic heterocycles. The molecule has 0 fully saturated rings. The molecule has 228 valence electrons. The fraction of sp³-hybridized carbons (Fsp3) is 0.244. The van der Waals surface area contributed by atoms with Gasteiger partial charge in [-0.25, -0.2) is 0 Å². The summed E-state index contributed by atoms with van der Waals surface area (Å²) in [5.41, 5.74) is 17.3. The van der Waals surface area contributed by atoms with Crippen LogP contribution in [0.3, 0.4) is 0 Å². The van der Waals surface area contributed by atoms with Crippen LogP contribution in [0.2, 0.25) is 0 Å². The number of aryl methyl sites for hydroxylation is 1. The lowest BCUT2D eigenvalue weighted by molar-refractivity contribution is 0.589. The van der Waals surface area contributed by atoms with E-state index < -0.39 is 0 Å². The number of hydrogen-bond donors (Lipinski definition) is 0. The second-order valence-electron chi connectivity index (χ2n) is 15.6. The summed E-state index contributed by atoms with van der Waals surface area (Å²) in [4.78, 5) is 2.48. The van der Waals surface area contributed by atoms with E-state index in [1.807, 2.05) is 0 Å². The summed E-state index contributed by atoms with van der Waals surface area (Å²) in [6.45, 7) is 18.7. The van der Waals surface area contributed by atoms with Crippen LogP contribution in [0.5, 0.6) is 0 Å². The van der Waals surface area contributed by atoms with Crippen molar-refractivity contribution in [2.45, 2.75) is 71.6 Å². The standard InChI is InChI=1S/C45H43N/c1-28-16-17-29-18-19-31(25-30(29)24-28)46(32-20-22-35-34-12-9-10-13-37(34)44(5,6)40(35)26-32)33-21-23-36-41(27-33)45(7,8)39-15-11-14-38(42(36)39)43(2,3)4/h9-27H,1-8H3. The molecule has 2 aliphatic rings. The molecule has 0 unspecified atom stereocenters. The highest BCUT2D eigenvalue weighted by Gasteiger charge is 2.39. The smallest absolute Gasteiger partial charge is 0.0468 e. The van der Waals surface area contributed by atoms with Crippen LogP contribution in [0.1, 0.15) is 81.8 Å². The fourth-order valence-electron chi connectivity index (χ4n) is 8.31. The molecule has 0 spiro atoms. The topological polar surface area (TPSA) is 3.24 Å². The molecule has 1 heteroatoms. The van der Waals surface area contributed by atoms with Gasteiger partial charge < -0.3 is 4.90 Å². The molecule has 8 rings (SSSR count). The van der Waals surface area contributed by atoms with Gasteiger partial charge in [0.15, 0.2) is 0 Å². The lowest BCUT2D eigenvalue weighted by Crippen LogP contribution is -2.18. The third kappa shape index (κ3) is 4.14. The monoisotopic (exact) mass is 597 g/mol. The van der Waals surface area contributed by atoms with E-state index in [-0.39, 0.29) is 16.2 Å². The number of benzene rings is 6. The van der Waals surface area contributed by atoms with Crippen molar-refractivity contribution >= 4 is 27.8 Å². The SMILES string of the molecule is Cc1ccc2ccc(N(c3ccc4c(c3)C(C)(C)c3ccccc3-4)c3ccc4c(c3)C(C)(C)c3cccc(C(C)(C)C)c3-4)cc2c1. The zero-order valence-corrected chi connectivity index (χ0v) is 28.4. The van der Waals surface area contributed by atoms with Gasteiger partial charge in [-0.05, 0) is 110 Å². The van der Waals surface area contributed by atoms with Gasteiger partial charge in [0, 0.05) is 27.9 Å². The largest absolute Gasteiger partial charge is 0.310 e. The summed E-state index contributed by atoms with van der Waals surface area (Å²) in [5, 5.41) is 2.53.